The van der Waals surface area contributed by atoms with Crippen molar-refractivity contribution in [3.63, 3.8) is 0 Å². The van der Waals surface area contributed by atoms with E-state index in [9.17, 15) is 26.4 Å². The van der Waals surface area contributed by atoms with E-state index in [1.54, 1.807) is 0 Å². The van der Waals surface area contributed by atoms with E-state index < -0.39 is 27.9 Å². The molecule has 0 unspecified atom stereocenters. The summed E-state index contributed by atoms with van der Waals surface area (Å²) in [5.41, 5.74) is -0.761. The summed E-state index contributed by atoms with van der Waals surface area (Å²) in [4.78, 5) is 11.9. The molecule has 1 aromatic carbocycles. The van der Waals surface area contributed by atoms with Crippen LogP contribution in [0.1, 0.15) is 35.7 Å². The SMILES string of the molecule is CC1CCN(S(=O)(=O)NCCNC(=O)c2ccc(C(F)(F)F)cc2)CC1. The van der Waals surface area contributed by atoms with Gasteiger partial charge >= 0.3 is 6.18 Å². The van der Waals surface area contributed by atoms with Crippen molar-refractivity contribution in [2.75, 3.05) is 26.2 Å². The van der Waals surface area contributed by atoms with Crippen LogP contribution in [0.3, 0.4) is 0 Å². The molecule has 26 heavy (non-hydrogen) atoms. The summed E-state index contributed by atoms with van der Waals surface area (Å²) in [6.45, 7) is 3.04. The molecule has 0 spiro atoms. The van der Waals surface area contributed by atoms with Crippen molar-refractivity contribution >= 4 is 16.1 Å². The molecule has 6 nitrogen and oxygen atoms in total. The first-order valence-electron chi connectivity index (χ1n) is 8.30. The second-order valence-electron chi connectivity index (χ2n) is 6.31. The molecule has 0 aliphatic carbocycles. The standard InChI is InChI=1S/C16H22F3N3O3S/c1-12-6-10-22(11-7-12)26(24,25)21-9-8-20-15(23)13-2-4-14(5-3-13)16(17,18)19/h2-5,12,21H,6-11H2,1H3,(H,20,23). The van der Waals surface area contributed by atoms with Crippen LogP contribution in [0.15, 0.2) is 24.3 Å². The van der Waals surface area contributed by atoms with Gasteiger partial charge in [0.1, 0.15) is 0 Å². The minimum Gasteiger partial charge on any atom is -0.351 e. The number of carbonyl (C=O) groups excluding carboxylic acids is 1. The Balaban J connectivity index is 1.78. The Labute approximate surface area is 150 Å². The van der Waals surface area contributed by atoms with Crippen LogP contribution < -0.4 is 10.0 Å². The lowest BCUT2D eigenvalue weighted by molar-refractivity contribution is -0.137. The highest BCUT2D eigenvalue weighted by Gasteiger charge is 2.30. The van der Waals surface area contributed by atoms with Crippen molar-refractivity contribution in [2.24, 2.45) is 5.92 Å². The van der Waals surface area contributed by atoms with Crippen molar-refractivity contribution in [3.05, 3.63) is 35.4 Å². The third-order valence-corrected chi connectivity index (χ3v) is 5.87. The lowest BCUT2D eigenvalue weighted by atomic mass is 10.0. The van der Waals surface area contributed by atoms with Crippen LogP contribution in [0.25, 0.3) is 0 Å². The number of benzene rings is 1. The average molecular weight is 393 g/mol. The molecule has 0 bridgehead atoms. The number of rotatable bonds is 6. The molecule has 1 amide bonds. The summed E-state index contributed by atoms with van der Waals surface area (Å²) in [5.74, 6) is -0.0609. The molecule has 1 aromatic rings. The van der Waals surface area contributed by atoms with E-state index in [-0.39, 0.29) is 18.7 Å². The summed E-state index contributed by atoms with van der Waals surface area (Å²) in [6, 6.07) is 3.82. The van der Waals surface area contributed by atoms with E-state index in [0.717, 1.165) is 37.1 Å². The maximum atomic E-state index is 12.5. The fourth-order valence-corrected chi connectivity index (χ4v) is 3.82. The molecule has 1 aliphatic heterocycles. The van der Waals surface area contributed by atoms with Crippen LogP contribution in [-0.2, 0) is 16.4 Å². The Hall–Kier alpha value is -1.65. The maximum Gasteiger partial charge on any atom is 0.416 e. The van der Waals surface area contributed by atoms with Crippen LogP contribution in [0.2, 0.25) is 0 Å². The van der Waals surface area contributed by atoms with Gasteiger partial charge in [-0.2, -0.15) is 25.9 Å². The molecule has 2 N–H and O–H groups in total. The van der Waals surface area contributed by atoms with E-state index in [2.05, 4.69) is 17.0 Å². The molecule has 146 valence electrons. The van der Waals surface area contributed by atoms with E-state index >= 15 is 0 Å². The zero-order valence-corrected chi connectivity index (χ0v) is 15.2. The molecule has 10 heteroatoms. The van der Waals surface area contributed by atoms with Gasteiger partial charge in [0.15, 0.2) is 0 Å². The molecule has 1 saturated heterocycles. The molecule has 1 heterocycles. The van der Waals surface area contributed by atoms with Gasteiger partial charge in [0.25, 0.3) is 16.1 Å². The highest BCUT2D eigenvalue weighted by atomic mass is 32.2. The summed E-state index contributed by atoms with van der Waals surface area (Å²) < 4.78 is 65.5. The van der Waals surface area contributed by atoms with Crippen LogP contribution in [0.5, 0.6) is 0 Å². The van der Waals surface area contributed by atoms with Crippen LogP contribution >= 0.6 is 0 Å². The van der Waals surface area contributed by atoms with Gasteiger partial charge in [-0.25, -0.2) is 4.72 Å². The second kappa shape index (κ2) is 8.36. The van der Waals surface area contributed by atoms with Crippen molar-refractivity contribution in [3.8, 4) is 0 Å². The fraction of sp³-hybridized carbons (Fsp3) is 0.562. The molecule has 2 rings (SSSR count). The maximum absolute atomic E-state index is 12.5. The number of piperidine rings is 1. The van der Waals surface area contributed by atoms with Crippen molar-refractivity contribution in [2.45, 2.75) is 25.9 Å². The summed E-state index contributed by atoms with van der Waals surface area (Å²) in [6.07, 6.45) is -2.84. The van der Waals surface area contributed by atoms with Gasteiger partial charge in [-0.1, -0.05) is 6.92 Å². The lowest BCUT2D eigenvalue weighted by Gasteiger charge is -2.29. The van der Waals surface area contributed by atoms with Crippen molar-refractivity contribution in [1.82, 2.24) is 14.3 Å². The minimum absolute atomic E-state index is 0.000756. The van der Waals surface area contributed by atoms with Gasteiger partial charge in [0, 0.05) is 31.7 Å². The number of halogens is 3. The van der Waals surface area contributed by atoms with Gasteiger partial charge in [-0.05, 0) is 43.0 Å². The number of nitrogens with one attached hydrogen (secondary N) is 2. The van der Waals surface area contributed by atoms with E-state index in [4.69, 9.17) is 0 Å². The molecular weight excluding hydrogens is 371 g/mol. The number of carbonyl (C=O) groups is 1. The smallest absolute Gasteiger partial charge is 0.351 e. The number of hydrogen-bond donors (Lipinski definition) is 2. The van der Waals surface area contributed by atoms with Crippen molar-refractivity contribution in [1.29, 1.82) is 0 Å². The summed E-state index contributed by atoms with van der Waals surface area (Å²) in [5, 5.41) is 2.47. The molecule has 0 atom stereocenters. The first kappa shape index (κ1) is 20.7. The Bertz CT molecular complexity index is 712. The third kappa shape index (κ3) is 5.68. The fourth-order valence-electron chi connectivity index (χ4n) is 2.59. The van der Waals surface area contributed by atoms with E-state index in [1.165, 1.54) is 4.31 Å². The van der Waals surface area contributed by atoms with Gasteiger partial charge in [-0.3, -0.25) is 4.79 Å². The quantitative estimate of drug-likeness (QED) is 0.726. The van der Waals surface area contributed by atoms with Crippen molar-refractivity contribution < 1.29 is 26.4 Å². The lowest BCUT2D eigenvalue weighted by Crippen LogP contribution is -2.46. The highest BCUT2D eigenvalue weighted by Crippen LogP contribution is 2.29. The summed E-state index contributed by atoms with van der Waals surface area (Å²) in [7, 11) is -3.58. The summed E-state index contributed by atoms with van der Waals surface area (Å²) >= 11 is 0. The molecule has 0 radical (unpaired) electrons. The Morgan fingerprint density at radius 1 is 1.15 bits per heavy atom. The number of alkyl halides is 3. The number of amides is 1. The van der Waals surface area contributed by atoms with E-state index in [0.29, 0.717) is 19.0 Å². The molecule has 0 saturated carbocycles. The number of hydrogen-bond acceptors (Lipinski definition) is 3. The van der Waals surface area contributed by atoms with Crippen LogP contribution in [0, 0.1) is 5.92 Å². The van der Waals surface area contributed by atoms with Gasteiger partial charge in [-0.15, -0.1) is 0 Å². The minimum atomic E-state index is -4.46. The normalized spacial score (nSPS) is 17.2. The zero-order chi connectivity index (χ0) is 19.4. The molecule has 1 aliphatic rings. The first-order valence-corrected chi connectivity index (χ1v) is 9.74. The largest absolute Gasteiger partial charge is 0.416 e. The monoisotopic (exact) mass is 393 g/mol. The Kier molecular flexibility index (Phi) is 6.64. The van der Waals surface area contributed by atoms with Gasteiger partial charge < -0.3 is 5.32 Å². The topological polar surface area (TPSA) is 78.5 Å². The van der Waals surface area contributed by atoms with E-state index in [1.807, 2.05) is 0 Å². The van der Waals surface area contributed by atoms with Crippen LogP contribution in [-0.4, -0.2) is 44.8 Å². The highest BCUT2D eigenvalue weighted by molar-refractivity contribution is 7.87. The van der Waals surface area contributed by atoms with Gasteiger partial charge in [0.05, 0.1) is 5.56 Å². The average Bonchev–Trinajstić information content (AvgIpc) is 2.58. The predicted octanol–water partition coefficient (Wildman–Crippen LogP) is 2.00. The molecule has 1 fully saturated rings. The van der Waals surface area contributed by atoms with Crippen LogP contribution in [0.4, 0.5) is 13.2 Å². The second-order valence-corrected chi connectivity index (χ2v) is 8.07. The molecule has 0 aromatic heterocycles. The Morgan fingerprint density at radius 2 is 1.73 bits per heavy atom. The number of nitrogens with zero attached hydrogens (tertiary/aromatic N) is 1. The van der Waals surface area contributed by atoms with Gasteiger partial charge in [0.2, 0.25) is 0 Å². The molecular formula is C16H22F3N3O3S. The third-order valence-electron chi connectivity index (χ3n) is 4.25. The first-order chi connectivity index (χ1) is 12.1. The predicted molar refractivity (Wildman–Crippen MR) is 90.7 cm³/mol. The Morgan fingerprint density at radius 3 is 2.27 bits per heavy atom. The zero-order valence-electron chi connectivity index (χ0n) is 14.3.